The van der Waals surface area contributed by atoms with Crippen LogP contribution in [0.5, 0.6) is 11.5 Å². The summed E-state index contributed by atoms with van der Waals surface area (Å²) in [6.07, 6.45) is -5.16. The highest BCUT2D eigenvalue weighted by Gasteiger charge is 2.42. The smallest absolute Gasteiger partial charge is 0.444 e. The molecule has 0 aliphatic rings. The van der Waals surface area contributed by atoms with Crippen LogP contribution in [0, 0.1) is 0 Å². The van der Waals surface area contributed by atoms with Gasteiger partial charge in [-0.05, 0) is 57.5 Å². The molecule has 2 aromatic carbocycles. The van der Waals surface area contributed by atoms with Crippen LogP contribution in [0.1, 0.15) is 39.0 Å². The number of ether oxygens (including phenoxy) is 1. The lowest BCUT2D eigenvalue weighted by molar-refractivity contribution is -0.199. The topological polar surface area (TPSA) is 77.0 Å². The van der Waals surface area contributed by atoms with Crippen molar-refractivity contribution in [2.24, 2.45) is 0 Å². The molecule has 11 heteroatoms. The summed E-state index contributed by atoms with van der Waals surface area (Å²) < 4.78 is 69.6. The molecule has 2 unspecified atom stereocenters. The summed E-state index contributed by atoms with van der Waals surface area (Å²) in [5, 5.41) is 12.6. The summed E-state index contributed by atoms with van der Waals surface area (Å²) in [6, 6.07) is 11.1. The maximum atomic E-state index is 13.8. The number of hydrogen-bond donors (Lipinski definition) is 2. The molecule has 6 nitrogen and oxygen atoms in total. The van der Waals surface area contributed by atoms with Crippen molar-refractivity contribution in [1.82, 2.24) is 0 Å². The number of rotatable bonds is 11. The molecule has 2 aromatic rings. The molecule has 0 fully saturated rings. The van der Waals surface area contributed by atoms with E-state index in [1.165, 1.54) is 48.5 Å². The molecule has 2 N–H and O–H groups in total. The predicted octanol–water partition coefficient (Wildman–Crippen LogP) is 7.05. The Balaban J connectivity index is 2.46. The molecule has 2 atom stereocenters. The minimum atomic E-state index is -4.24. The highest BCUT2D eigenvalue weighted by atomic mass is 35.5. The Kier molecular flexibility index (Phi) is 8.88. The third-order valence-electron chi connectivity index (χ3n) is 3.89. The zero-order chi connectivity index (χ0) is 24.1. The molecule has 0 heterocycles. The van der Waals surface area contributed by atoms with E-state index in [0.717, 1.165) is 0 Å². The number of halogens is 4. The van der Waals surface area contributed by atoms with Gasteiger partial charge in [0, 0.05) is 11.8 Å². The summed E-state index contributed by atoms with van der Waals surface area (Å²) in [5.74, 6) is -1.43. The third-order valence-corrected chi connectivity index (χ3v) is 6.63. The zero-order valence-electron chi connectivity index (χ0n) is 18.0. The standard InChI is InChI=1S/C21H26ClF3NO5P/c1-13(2)30-32(28,31-14(3)4)19(15-8-10-17(27)11-9-15)26-16-6-5-7-18(12-16)29-21(24,25)20(22)23/h5-14,19-20,26-27H,1-4H3. The van der Waals surface area contributed by atoms with Crippen molar-refractivity contribution < 1.29 is 36.6 Å². The molecule has 0 aliphatic heterocycles. The maximum absolute atomic E-state index is 13.8. The SMILES string of the molecule is CC(C)OP(=O)(OC(C)C)C(Nc1cccc(OC(F)(F)C(F)Cl)c1)c1ccc(O)cc1. The molecule has 178 valence electrons. The lowest BCUT2D eigenvalue weighted by atomic mass is 10.2. The molecular weight excluding hydrogens is 470 g/mol. The number of benzene rings is 2. The Morgan fingerprint density at radius 3 is 2.09 bits per heavy atom. The molecule has 0 saturated carbocycles. The maximum Gasteiger partial charge on any atom is 0.444 e. The van der Waals surface area contributed by atoms with Gasteiger partial charge in [0.1, 0.15) is 11.5 Å². The van der Waals surface area contributed by atoms with Gasteiger partial charge < -0.3 is 24.2 Å². The first-order chi connectivity index (χ1) is 14.8. The average Bonchev–Trinajstić information content (AvgIpc) is 2.65. The summed E-state index contributed by atoms with van der Waals surface area (Å²) in [6.45, 7) is 6.78. The Hall–Kier alpha value is -1.93. The average molecular weight is 496 g/mol. The van der Waals surface area contributed by atoms with Gasteiger partial charge >= 0.3 is 13.7 Å². The molecule has 2 rings (SSSR count). The van der Waals surface area contributed by atoms with Crippen molar-refractivity contribution in [3.05, 3.63) is 54.1 Å². The Labute approximate surface area is 190 Å². The van der Waals surface area contributed by atoms with Gasteiger partial charge in [-0.15, -0.1) is 0 Å². The van der Waals surface area contributed by atoms with Crippen molar-refractivity contribution >= 4 is 24.9 Å². The van der Waals surface area contributed by atoms with Gasteiger partial charge in [0.2, 0.25) is 0 Å². The van der Waals surface area contributed by atoms with E-state index in [9.17, 15) is 22.8 Å². The Morgan fingerprint density at radius 1 is 1.03 bits per heavy atom. The second-order valence-corrected chi connectivity index (χ2v) is 9.88. The van der Waals surface area contributed by atoms with Gasteiger partial charge in [-0.1, -0.05) is 29.8 Å². The number of phenols is 1. The fourth-order valence-corrected chi connectivity index (χ4v) is 5.10. The second-order valence-electron chi connectivity index (χ2n) is 7.48. The first-order valence-electron chi connectivity index (χ1n) is 9.79. The van der Waals surface area contributed by atoms with Crippen LogP contribution in [0.2, 0.25) is 0 Å². The van der Waals surface area contributed by atoms with Crippen LogP contribution < -0.4 is 10.1 Å². The molecule has 0 spiro atoms. The van der Waals surface area contributed by atoms with E-state index in [4.69, 9.17) is 20.6 Å². The number of phenolic OH excluding ortho intramolecular Hbond substituents is 1. The van der Waals surface area contributed by atoms with Gasteiger partial charge in [-0.2, -0.15) is 8.78 Å². The Bertz CT molecular complexity index is 914. The summed E-state index contributed by atoms with van der Waals surface area (Å²) in [7, 11) is -3.88. The van der Waals surface area contributed by atoms with Crippen molar-refractivity contribution in [2.45, 2.75) is 57.4 Å². The molecular formula is C21H26ClF3NO5P. The van der Waals surface area contributed by atoms with E-state index in [1.54, 1.807) is 27.7 Å². The van der Waals surface area contributed by atoms with Crippen LogP contribution in [0.15, 0.2) is 48.5 Å². The lowest BCUT2D eigenvalue weighted by Crippen LogP contribution is -2.32. The predicted molar refractivity (Wildman–Crippen MR) is 117 cm³/mol. The minimum absolute atomic E-state index is 0.00336. The normalized spacial score (nSPS) is 14.4. The van der Waals surface area contributed by atoms with E-state index in [0.29, 0.717) is 5.56 Å². The summed E-state index contributed by atoms with van der Waals surface area (Å²) in [5.41, 5.74) is -2.36. The van der Waals surface area contributed by atoms with Crippen LogP contribution in [-0.2, 0) is 13.6 Å². The number of alkyl halides is 4. The van der Waals surface area contributed by atoms with Crippen LogP contribution in [0.3, 0.4) is 0 Å². The molecule has 0 amide bonds. The van der Waals surface area contributed by atoms with Crippen molar-refractivity contribution in [1.29, 1.82) is 0 Å². The highest BCUT2D eigenvalue weighted by Crippen LogP contribution is 2.62. The molecule has 32 heavy (non-hydrogen) atoms. The quantitative estimate of drug-likeness (QED) is 0.257. The third kappa shape index (κ3) is 7.30. The number of nitrogens with one attached hydrogen (secondary N) is 1. The van der Waals surface area contributed by atoms with Crippen LogP contribution in [0.4, 0.5) is 18.9 Å². The summed E-state index contributed by atoms with van der Waals surface area (Å²) >= 11 is 4.85. The van der Waals surface area contributed by atoms with Crippen molar-refractivity contribution in [2.75, 3.05) is 5.32 Å². The molecule has 0 saturated heterocycles. The number of hydrogen-bond acceptors (Lipinski definition) is 6. The van der Waals surface area contributed by atoms with Gasteiger partial charge in [0.05, 0.1) is 12.2 Å². The first kappa shape index (κ1) is 26.3. The van der Waals surface area contributed by atoms with Crippen LogP contribution >= 0.6 is 19.2 Å². The van der Waals surface area contributed by atoms with E-state index in [-0.39, 0.29) is 17.2 Å². The van der Waals surface area contributed by atoms with Crippen molar-refractivity contribution in [3.63, 3.8) is 0 Å². The Morgan fingerprint density at radius 2 is 1.59 bits per heavy atom. The van der Waals surface area contributed by atoms with E-state index in [1.807, 2.05) is 0 Å². The number of aromatic hydroxyl groups is 1. The fourth-order valence-electron chi connectivity index (χ4n) is 2.74. The van der Waals surface area contributed by atoms with Gasteiger partial charge in [-0.3, -0.25) is 4.57 Å². The van der Waals surface area contributed by atoms with E-state index < -0.39 is 37.3 Å². The molecule has 0 bridgehead atoms. The van der Waals surface area contributed by atoms with Crippen molar-refractivity contribution in [3.8, 4) is 11.5 Å². The van der Waals surface area contributed by atoms with E-state index >= 15 is 0 Å². The number of anilines is 1. The largest absolute Gasteiger partial charge is 0.508 e. The zero-order valence-corrected chi connectivity index (χ0v) is 19.6. The first-order valence-corrected chi connectivity index (χ1v) is 11.8. The van der Waals surface area contributed by atoms with Gasteiger partial charge in [-0.25, -0.2) is 4.39 Å². The fraction of sp³-hybridized carbons (Fsp3) is 0.429. The monoisotopic (exact) mass is 495 g/mol. The van der Waals surface area contributed by atoms with Crippen LogP contribution in [-0.4, -0.2) is 29.1 Å². The minimum Gasteiger partial charge on any atom is -0.508 e. The van der Waals surface area contributed by atoms with Crippen LogP contribution in [0.25, 0.3) is 0 Å². The molecule has 0 aliphatic carbocycles. The van der Waals surface area contributed by atoms with E-state index in [2.05, 4.69) is 10.1 Å². The second kappa shape index (κ2) is 10.8. The summed E-state index contributed by atoms with van der Waals surface area (Å²) in [4.78, 5) is 0. The molecule has 0 radical (unpaired) electrons. The lowest BCUT2D eigenvalue weighted by Gasteiger charge is -2.31. The highest BCUT2D eigenvalue weighted by molar-refractivity contribution is 7.54. The van der Waals surface area contributed by atoms with Gasteiger partial charge in [0.25, 0.3) is 5.63 Å². The molecule has 0 aromatic heterocycles. The van der Waals surface area contributed by atoms with Gasteiger partial charge in [0.15, 0.2) is 5.78 Å².